The van der Waals surface area contributed by atoms with E-state index >= 15 is 0 Å². The second kappa shape index (κ2) is 8.60. The van der Waals surface area contributed by atoms with Crippen molar-refractivity contribution in [3.63, 3.8) is 0 Å². The predicted octanol–water partition coefficient (Wildman–Crippen LogP) is 2.71. The van der Waals surface area contributed by atoms with Gasteiger partial charge in [0.1, 0.15) is 5.82 Å². The Hall–Kier alpha value is -1.99. The standard InChI is InChI=1S/C19H24FNO5/c20-17-11-13(19(23)24)4-5-16(17)18(22)21-8-6-14(7-9-21)26-12-15-3-1-2-10-25-15/h4-5,11,14-15H,1-3,6-10,12H2,(H,23,24). The third kappa shape index (κ3) is 4.59. The number of carboxylic acids is 1. The molecule has 2 heterocycles. The zero-order valence-corrected chi connectivity index (χ0v) is 14.7. The van der Waals surface area contributed by atoms with Gasteiger partial charge in [0.2, 0.25) is 0 Å². The average Bonchev–Trinajstić information content (AvgIpc) is 2.67. The number of carboxylic acid groups (broad SMARTS) is 1. The number of benzene rings is 1. The summed E-state index contributed by atoms with van der Waals surface area (Å²) in [7, 11) is 0. The first-order chi connectivity index (χ1) is 12.5. The normalized spacial score (nSPS) is 21.6. The van der Waals surface area contributed by atoms with Crippen LogP contribution in [0.4, 0.5) is 4.39 Å². The van der Waals surface area contributed by atoms with E-state index in [1.54, 1.807) is 4.90 Å². The van der Waals surface area contributed by atoms with Crippen LogP contribution in [-0.2, 0) is 9.47 Å². The highest BCUT2D eigenvalue weighted by Gasteiger charge is 2.27. The summed E-state index contributed by atoms with van der Waals surface area (Å²) in [6.07, 6.45) is 4.98. The van der Waals surface area contributed by atoms with Crippen LogP contribution in [0.2, 0.25) is 0 Å². The molecule has 1 aromatic carbocycles. The van der Waals surface area contributed by atoms with E-state index in [2.05, 4.69) is 0 Å². The molecule has 0 radical (unpaired) electrons. The number of amides is 1. The summed E-state index contributed by atoms with van der Waals surface area (Å²) in [5, 5.41) is 8.88. The van der Waals surface area contributed by atoms with Crippen LogP contribution in [0.1, 0.15) is 52.8 Å². The molecule has 0 aliphatic carbocycles. The van der Waals surface area contributed by atoms with Crippen LogP contribution in [0.15, 0.2) is 18.2 Å². The summed E-state index contributed by atoms with van der Waals surface area (Å²) < 4.78 is 25.6. The van der Waals surface area contributed by atoms with Crippen LogP contribution >= 0.6 is 0 Å². The fourth-order valence-corrected chi connectivity index (χ4v) is 3.40. The van der Waals surface area contributed by atoms with E-state index in [1.807, 2.05) is 0 Å². The topological polar surface area (TPSA) is 76.1 Å². The number of carbonyl (C=O) groups excluding carboxylic acids is 1. The van der Waals surface area contributed by atoms with Crippen molar-refractivity contribution in [3.05, 3.63) is 35.1 Å². The van der Waals surface area contributed by atoms with Crippen LogP contribution in [0, 0.1) is 5.82 Å². The van der Waals surface area contributed by atoms with Crippen molar-refractivity contribution in [1.29, 1.82) is 0 Å². The smallest absolute Gasteiger partial charge is 0.335 e. The van der Waals surface area contributed by atoms with Crippen molar-refractivity contribution in [2.24, 2.45) is 0 Å². The van der Waals surface area contributed by atoms with E-state index in [1.165, 1.54) is 18.6 Å². The molecule has 2 aliphatic rings. The molecule has 1 aromatic rings. The molecule has 1 amide bonds. The van der Waals surface area contributed by atoms with Crippen molar-refractivity contribution in [1.82, 2.24) is 4.90 Å². The number of nitrogens with zero attached hydrogens (tertiary/aromatic N) is 1. The third-order valence-electron chi connectivity index (χ3n) is 4.97. The minimum absolute atomic E-state index is 0.0869. The fraction of sp³-hybridized carbons (Fsp3) is 0.579. The highest BCUT2D eigenvalue weighted by molar-refractivity contribution is 5.96. The SMILES string of the molecule is O=C(O)c1ccc(C(=O)N2CCC(OCC3CCCCO3)CC2)c(F)c1. The largest absolute Gasteiger partial charge is 0.478 e. The highest BCUT2D eigenvalue weighted by atomic mass is 19.1. The van der Waals surface area contributed by atoms with Crippen molar-refractivity contribution in [2.45, 2.75) is 44.3 Å². The van der Waals surface area contributed by atoms with Gasteiger partial charge in [-0.25, -0.2) is 9.18 Å². The zero-order chi connectivity index (χ0) is 18.5. The number of aromatic carboxylic acids is 1. The first-order valence-electron chi connectivity index (χ1n) is 9.10. The minimum atomic E-state index is -1.22. The lowest BCUT2D eigenvalue weighted by Crippen LogP contribution is -2.42. The molecule has 1 atom stereocenters. The Balaban J connectivity index is 1.49. The second-order valence-corrected chi connectivity index (χ2v) is 6.81. The van der Waals surface area contributed by atoms with Crippen LogP contribution in [0.5, 0.6) is 0 Å². The predicted molar refractivity (Wildman–Crippen MR) is 91.8 cm³/mol. The number of rotatable bonds is 5. The average molecular weight is 365 g/mol. The summed E-state index contributed by atoms with van der Waals surface area (Å²) >= 11 is 0. The molecule has 0 bridgehead atoms. The Kier molecular flexibility index (Phi) is 6.21. The molecule has 26 heavy (non-hydrogen) atoms. The number of halogens is 1. The monoisotopic (exact) mass is 365 g/mol. The molecule has 2 fully saturated rings. The van der Waals surface area contributed by atoms with Crippen molar-refractivity contribution >= 4 is 11.9 Å². The summed E-state index contributed by atoms with van der Waals surface area (Å²) in [5.74, 6) is -2.43. The molecule has 7 heteroatoms. The molecule has 1 N–H and O–H groups in total. The van der Waals surface area contributed by atoms with Crippen molar-refractivity contribution < 1.29 is 28.6 Å². The van der Waals surface area contributed by atoms with Crippen LogP contribution in [-0.4, -0.2) is 60.4 Å². The Morgan fingerprint density at radius 2 is 2.00 bits per heavy atom. The van der Waals surface area contributed by atoms with Gasteiger partial charge in [-0.15, -0.1) is 0 Å². The zero-order valence-electron chi connectivity index (χ0n) is 14.7. The first kappa shape index (κ1) is 18.8. The number of hydrogen-bond donors (Lipinski definition) is 1. The Labute approximate surface area is 151 Å². The molecule has 1 unspecified atom stereocenters. The van der Waals surface area contributed by atoms with Gasteiger partial charge >= 0.3 is 5.97 Å². The molecule has 142 valence electrons. The van der Waals surface area contributed by atoms with Crippen molar-refractivity contribution in [3.8, 4) is 0 Å². The first-order valence-corrected chi connectivity index (χ1v) is 9.10. The number of ether oxygens (including phenoxy) is 2. The summed E-state index contributed by atoms with van der Waals surface area (Å²) in [6, 6.07) is 3.37. The molecule has 6 nitrogen and oxygen atoms in total. The summed E-state index contributed by atoms with van der Waals surface area (Å²) in [4.78, 5) is 24.9. The van der Waals surface area contributed by atoms with Gasteiger partial charge in [0.05, 0.1) is 29.9 Å². The van der Waals surface area contributed by atoms with Gasteiger partial charge in [-0.2, -0.15) is 0 Å². The van der Waals surface area contributed by atoms with E-state index in [4.69, 9.17) is 14.6 Å². The van der Waals surface area contributed by atoms with Gasteiger partial charge in [-0.3, -0.25) is 4.79 Å². The van der Waals surface area contributed by atoms with E-state index in [9.17, 15) is 14.0 Å². The van der Waals surface area contributed by atoms with E-state index in [0.29, 0.717) is 32.5 Å². The third-order valence-corrected chi connectivity index (χ3v) is 4.97. The maximum atomic E-state index is 14.1. The molecule has 0 aromatic heterocycles. The van der Waals surface area contributed by atoms with Gasteiger partial charge in [-0.05, 0) is 50.3 Å². The van der Waals surface area contributed by atoms with Gasteiger partial charge in [0, 0.05) is 19.7 Å². The maximum absolute atomic E-state index is 14.1. The molecule has 0 spiro atoms. The van der Waals surface area contributed by atoms with E-state index in [0.717, 1.165) is 25.5 Å². The van der Waals surface area contributed by atoms with Gasteiger partial charge in [-0.1, -0.05) is 0 Å². The van der Waals surface area contributed by atoms with E-state index in [-0.39, 0.29) is 23.3 Å². The number of hydrogen-bond acceptors (Lipinski definition) is 4. The number of carbonyl (C=O) groups is 2. The fourth-order valence-electron chi connectivity index (χ4n) is 3.40. The molecule has 3 rings (SSSR count). The van der Waals surface area contributed by atoms with Crippen LogP contribution < -0.4 is 0 Å². The molecule has 2 aliphatic heterocycles. The summed E-state index contributed by atoms with van der Waals surface area (Å²) in [5.41, 5.74) is -0.263. The van der Waals surface area contributed by atoms with Crippen molar-refractivity contribution in [2.75, 3.05) is 26.3 Å². The minimum Gasteiger partial charge on any atom is -0.478 e. The lowest BCUT2D eigenvalue weighted by molar-refractivity contribution is -0.0733. The Morgan fingerprint density at radius 3 is 2.62 bits per heavy atom. The Morgan fingerprint density at radius 1 is 1.23 bits per heavy atom. The summed E-state index contributed by atoms with van der Waals surface area (Å²) in [6.45, 7) is 2.38. The lowest BCUT2D eigenvalue weighted by Gasteiger charge is -2.33. The number of piperidine rings is 1. The lowest BCUT2D eigenvalue weighted by atomic mass is 10.0. The Bertz CT molecular complexity index is 651. The molecule has 2 saturated heterocycles. The van der Waals surface area contributed by atoms with Crippen LogP contribution in [0.25, 0.3) is 0 Å². The molecular weight excluding hydrogens is 341 g/mol. The highest BCUT2D eigenvalue weighted by Crippen LogP contribution is 2.20. The maximum Gasteiger partial charge on any atom is 0.335 e. The molecular formula is C19H24FNO5. The van der Waals surface area contributed by atoms with Gasteiger partial charge < -0.3 is 19.5 Å². The second-order valence-electron chi connectivity index (χ2n) is 6.81. The number of likely N-dealkylation sites (tertiary alicyclic amines) is 1. The van der Waals surface area contributed by atoms with Crippen LogP contribution in [0.3, 0.4) is 0 Å². The quantitative estimate of drug-likeness (QED) is 0.868. The van der Waals surface area contributed by atoms with Gasteiger partial charge in [0.25, 0.3) is 5.91 Å². The molecule has 0 saturated carbocycles. The van der Waals surface area contributed by atoms with Gasteiger partial charge in [0.15, 0.2) is 0 Å². The van der Waals surface area contributed by atoms with E-state index < -0.39 is 17.7 Å².